The van der Waals surface area contributed by atoms with Crippen molar-refractivity contribution in [3.05, 3.63) is 0 Å². The van der Waals surface area contributed by atoms with Gasteiger partial charge in [-0.05, 0) is 37.5 Å². The Balaban J connectivity index is 5.18. The summed E-state index contributed by atoms with van der Waals surface area (Å²) in [6.45, 7) is 9.37. The molecule has 0 bridgehead atoms. The van der Waals surface area contributed by atoms with E-state index in [2.05, 4.69) is 41.5 Å². The molecule has 0 amide bonds. The van der Waals surface area contributed by atoms with Crippen molar-refractivity contribution >= 4 is 39.5 Å². The summed E-state index contributed by atoms with van der Waals surface area (Å²) in [4.78, 5) is 71.8. The Morgan fingerprint density at radius 3 is 0.950 bits per heavy atom. The van der Waals surface area contributed by atoms with Crippen LogP contribution in [-0.4, -0.2) is 96.7 Å². The van der Waals surface area contributed by atoms with Gasteiger partial charge in [-0.25, -0.2) is 9.13 Å². The minimum atomic E-state index is -4.94. The summed E-state index contributed by atoms with van der Waals surface area (Å²) in [6, 6.07) is 0. The van der Waals surface area contributed by atoms with Gasteiger partial charge in [-0.2, -0.15) is 0 Å². The molecule has 6 atom stereocenters. The van der Waals surface area contributed by atoms with E-state index in [9.17, 15) is 43.2 Å². The van der Waals surface area contributed by atoms with Crippen LogP contribution in [0.3, 0.4) is 0 Å². The molecule has 0 aromatic rings. The Labute approximate surface area is 486 Å². The lowest BCUT2D eigenvalue weighted by molar-refractivity contribution is -0.161. The second-order valence-electron chi connectivity index (χ2n) is 22.8. The third-order valence-corrected chi connectivity index (χ3v) is 16.2. The molecule has 19 heteroatoms. The molecule has 17 nitrogen and oxygen atoms in total. The van der Waals surface area contributed by atoms with E-state index < -0.39 is 97.5 Å². The molecule has 80 heavy (non-hydrogen) atoms. The van der Waals surface area contributed by atoms with Gasteiger partial charge in [-0.3, -0.25) is 37.3 Å². The highest BCUT2D eigenvalue weighted by Gasteiger charge is 2.30. The van der Waals surface area contributed by atoms with Gasteiger partial charge < -0.3 is 33.8 Å². The summed E-state index contributed by atoms with van der Waals surface area (Å²) in [5.74, 6) is -0.597. The molecule has 0 spiro atoms. The third kappa shape index (κ3) is 54.0. The van der Waals surface area contributed by atoms with Gasteiger partial charge in [0.1, 0.15) is 19.3 Å². The van der Waals surface area contributed by atoms with E-state index in [0.717, 1.165) is 115 Å². The monoisotopic (exact) mass is 1180 g/mol. The number of phosphoric acid groups is 2. The fraction of sp³-hybridized carbons (Fsp3) is 0.934. The van der Waals surface area contributed by atoms with Crippen LogP contribution in [-0.2, 0) is 65.4 Å². The summed E-state index contributed by atoms with van der Waals surface area (Å²) in [6.07, 6.45) is 35.2. The first kappa shape index (κ1) is 78.1. The fourth-order valence-corrected chi connectivity index (χ4v) is 10.5. The van der Waals surface area contributed by atoms with E-state index in [1.54, 1.807) is 0 Å². The maximum atomic E-state index is 12.9. The Kier molecular flexibility index (Phi) is 52.5. The quantitative estimate of drug-likeness (QED) is 0.0222. The number of esters is 4. The lowest BCUT2D eigenvalue weighted by Crippen LogP contribution is -2.30. The van der Waals surface area contributed by atoms with Crippen LogP contribution in [0.5, 0.6) is 0 Å². The molecule has 0 heterocycles. The molecule has 0 radical (unpaired) electrons. The van der Waals surface area contributed by atoms with Gasteiger partial charge in [-0.1, -0.05) is 247 Å². The summed E-state index contributed by atoms with van der Waals surface area (Å²) in [5.41, 5.74) is 0. The largest absolute Gasteiger partial charge is 0.472 e. The molecular formula is C61H118O17P2. The third-order valence-electron chi connectivity index (χ3n) is 14.3. The molecule has 0 saturated heterocycles. The topological polar surface area (TPSA) is 237 Å². The van der Waals surface area contributed by atoms with E-state index >= 15 is 0 Å². The molecule has 0 rings (SSSR count). The van der Waals surface area contributed by atoms with E-state index in [1.807, 2.05) is 0 Å². The molecule has 0 aromatic carbocycles. The number of aliphatic hydroxyl groups is 1. The first-order valence-corrected chi connectivity index (χ1v) is 35.0. The summed E-state index contributed by atoms with van der Waals surface area (Å²) >= 11 is 0. The van der Waals surface area contributed by atoms with Crippen molar-refractivity contribution in [2.75, 3.05) is 39.6 Å². The van der Waals surface area contributed by atoms with Crippen molar-refractivity contribution < 1.29 is 80.2 Å². The van der Waals surface area contributed by atoms with E-state index in [4.69, 9.17) is 37.0 Å². The molecule has 0 aromatic heterocycles. The number of carbonyl (C=O) groups is 4. The molecule has 474 valence electrons. The Hall–Kier alpha value is -1.94. The second-order valence-corrected chi connectivity index (χ2v) is 25.7. The lowest BCUT2D eigenvalue weighted by Gasteiger charge is -2.21. The number of ether oxygens (including phenoxy) is 4. The number of unbranched alkanes of at least 4 members (excludes halogenated alkanes) is 29. The number of carbonyl (C=O) groups excluding carboxylic acids is 4. The van der Waals surface area contributed by atoms with Gasteiger partial charge in [0.15, 0.2) is 12.2 Å². The van der Waals surface area contributed by atoms with Crippen LogP contribution in [0, 0.1) is 11.8 Å². The maximum Gasteiger partial charge on any atom is 0.472 e. The highest BCUT2D eigenvalue weighted by atomic mass is 31.2. The second kappa shape index (κ2) is 53.8. The molecule has 3 N–H and O–H groups in total. The van der Waals surface area contributed by atoms with E-state index in [1.165, 1.54) is 103 Å². The van der Waals surface area contributed by atoms with E-state index in [0.29, 0.717) is 25.7 Å². The first-order valence-electron chi connectivity index (χ1n) is 32.0. The van der Waals surface area contributed by atoms with Crippen molar-refractivity contribution in [1.29, 1.82) is 0 Å². The predicted molar refractivity (Wildman–Crippen MR) is 317 cm³/mol. The van der Waals surface area contributed by atoms with Gasteiger partial charge in [-0.15, -0.1) is 0 Å². The fourth-order valence-electron chi connectivity index (χ4n) is 8.97. The minimum absolute atomic E-state index is 0.104. The van der Waals surface area contributed by atoms with Crippen molar-refractivity contribution in [2.24, 2.45) is 11.8 Å². The molecule has 0 aliphatic heterocycles. The van der Waals surface area contributed by atoms with Gasteiger partial charge in [0.25, 0.3) is 0 Å². The van der Waals surface area contributed by atoms with Crippen LogP contribution in [0.15, 0.2) is 0 Å². The van der Waals surface area contributed by atoms with Crippen LogP contribution in [0.1, 0.15) is 298 Å². The van der Waals surface area contributed by atoms with Gasteiger partial charge in [0.2, 0.25) is 0 Å². The number of aliphatic hydroxyl groups excluding tert-OH is 1. The maximum absolute atomic E-state index is 12.9. The molecule has 0 fully saturated rings. The summed E-state index contributed by atoms with van der Waals surface area (Å²) < 4.78 is 67.6. The SMILES string of the molecule is CCCCCCCCCCC(=O)O[C@H](COC(=O)CCCCCCC)COP(=O)(O)OC[C@H](O)COP(=O)(O)OC[C@@H](COC(=O)CCCCCCCCCCC(C)CC)OC(=O)CCCCCCCCCCCCCCC(C)C. The van der Waals surface area contributed by atoms with Crippen LogP contribution >= 0.6 is 15.6 Å². The van der Waals surface area contributed by atoms with Crippen LogP contribution in [0.25, 0.3) is 0 Å². The summed E-state index contributed by atoms with van der Waals surface area (Å²) in [5, 5.41) is 10.5. The average molecular weight is 1190 g/mol. The van der Waals surface area contributed by atoms with Crippen molar-refractivity contribution in [2.45, 2.75) is 317 Å². The normalized spacial score (nSPS) is 14.7. The molecule has 3 unspecified atom stereocenters. The smallest absolute Gasteiger partial charge is 0.462 e. The van der Waals surface area contributed by atoms with Crippen molar-refractivity contribution in [1.82, 2.24) is 0 Å². The minimum Gasteiger partial charge on any atom is -0.462 e. The lowest BCUT2D eigenvalue weighted by atomic mass is 9.99. The van der Waals surface area contributed by atoms with Gasteiger partial charge in [0, 0.05) is 25.7 Å². The first-order chi connectivity index (χ1) is 38.4. The summed E-state index contributed by atoms with van der Waals surface area (Å²) in [7, 11) is -9.87. The molecule has 0 aliphatic carbocycles. The number of hydrogen-bond donors (Lipinski definition) is 3. The Morgan fingerprint density at radius 1 is 0.362 bits per heavy atom. The zero-order valence-electron chi connectivity index (χ0n) is 51.4. The number of rotatable bonds is 60. The van der Waals surface area contributed by atoms with Crippen LogP contribution in [0.2, 0.25) is 0 Å². The van der Waals surface area contributed by atoms with E-state index in [-0.39, 0.29) is 25.7 Å². The average Bonchev–Trinajstić information content (AvgIpc) is 3.42. The standard InChI is InChI=1S/C61H118O17P2/c1-7-10-12-14-15-26-33-39-45-60(65)77-56(49-71-58(63)43-37-29-13-11-8-2)51-75-79(67,68)73-47-55(62)48-74-80(69,70)76-52-57(50-72-59(64)44-38-32-27-23-22-25-31-36-42-54(6)9-3)78-61(66)46-40-34-28-21-19-17-16-18-20-24-30-35-41-53(4)5/h53-57,62H,7-52H2,1-6H3,(H,67,68)(H,69,70)/t54?,55-,56+,57+/m0/s1. The van der Waals surface area contributed by atoms with Crippen molar-refractivity contribution in [3.8, 4) is 0 Å². The van der Waals surface area contributed by atoms with Crippen LogP contribution in [0.4, 0.5) is 0 Å². The highest BCUT2D eigenvalue weighted by Crippen LogP contribution is 2.45. The number of phosphoric ester groups is 2. The Morgan fingerprint density at radius 2 is 0.637 bits per heavy atom. The molecular weight excluding hydrogens is 1070 g/mol. The van der Waals surface area contributed by atoms with Crippen LogP contribution < -0.4 is 0 Å². The Bertz CT molecular complexity index is 1580. The molecule has 0 saturated carbocycles. The molecule has 0 aliphatic rings. The van der Waals surface area contributed by atoms with Gasteiger partial charge >= 0.3 is 39.5 Å². The predicted octanol–water partition coefficient (Wildman–Crippen LogP) is 16.5. The van der Waals surface area contributed by atoms with Gasteiger partial charge in [0.05, 0.1) is 26.4 Å². The zero-order chi connectivity index (χ0) is 59.4. The number of hydrogen-bond acceptors (Lipinski definition) is 15. The van der Waals surface area contributed by atoms with Crippen molar-refractivity contribution in [3.63, 3.8) is 0 Å². The highest BCUT2D eigenvalue weighted by molar-refractivity contribution is 7.47. The zero-order valence-corrected chi connectivity index (χ0v) is 53.2.